The molecule has 0 radical (unpaired) electrons. The molecular weight excluding hydrogens is 368 g/mol. The largest absolute Gasteiger partial charge is 0.327 e. The summed E-state index contributed by atoms with van der Waals surface area (Å²) < 4.78 is 0. The molecule has 0 spiro atoms. The second kappa shape index (κ2) is 8.57. The van der Waals surface area contributed by atoms with Crippen LogP contribution < -0.4 is 11.1 Å². The Bertz CT molecular complexity index is 541. The van der Waals surface area contributed by atoms with Crippen molar-refractivity contribution in [2.45, 2.75) is 19.4 Å². The number of likely N-dealkylation sites (tertiary alicyclic amines) is 1. The van der Waals surface area contributed by atoms with Crippen LogP contribution in [-0.2, 0) is 4.79 Å². The fourth-order valence-electron chi connectivity index (χ4n) is 2.40. The molecule has 1 aliphatic rings. The number of benzene rings is 1. The number of piperidine rings is 1. The summed E-state index contributed by atoms with van der Waals surface area (Å²) in [4.78, 5) is 14.2. The van der Waals surface area contributed by atoms with Crippen molar-refractivity contribution in [2.24, 2.45) is 11.7 Å². The minimum atomic E-state index is -0.127. The zero-order valence-corrected chi connectivity index (χ0v) is 15.2. The quantitative estimate of drug-likeness (QED) is 0.779. The molecule has 1 aliphatic heterocycles. The highest BCUT2D eigenvalue weighted by atomic mass is 35.5. The molecule has 0 aromatic heterocycles. The van der Waals surface area contributed by atoms with Gasteiger partial charge in [-0.3, -0.25) is 9.69 Å². The molecule has 2 unspecified atom stereocenters. The molecule has 22 heavy (non-hydrogen) atoms. The van der Waals surface area contributed by atoms with Gasteiger partial charge in [0.2, 0.25) is 5.91 Å². The average Bonchev–Trinajstić information content (AvgIpc) is 2.40. The third kappa shape index (κ3) is 5.15. The number of carbonyl (C=O) groups excluding carboxylic acids is 1. The molecule has 1 aromatic carbocycles. The molecule has 2 rings (SSSR count). The van der Waals surface area contributed by atoms with Gasteiger partial charge in [0.25, 0.3) is 0 Å². The normalized spacial score (nSPS) is 22.0. The van der Waals surface area contributed by atoms with Crippen LogP contribution in [0.3, 0.4) is 0 Å². The number of nitrogens with zero attached hydrogens (tertiary/aromatic N) is 1. The number of hydrogen-bond donors (Lipinski definition) is 2. The number of rotatable bonds is 3. The van der Waals surface area contributed by atoms with Gasteiger partial charge in [0, 0.05) is 19.1 Å². The zero-order chi connectivity index (χ0) is 15.6. The molecule has 2 atom stereocenters. The van der Waals surface area contributed by atoms with E-state index in [1.54, 1.807) is 6.07 Å². The van der Waals surface area contributed by atoms with Gasteiger partial charge < -0.3 is 11.1 Å². The number of halogens is 4. The first-order chi connectivity index (χ1) is 9.86. The van der Waals surface area contributed by atoms with Crippen molar-refractivity contribution < 1.29 is 4.79 Å². The Hall–Kier alpha value is -0.230. The number of carbonyl (C=O) groups is 1. The molecule has 1 saturated heterocycles. The number of hydrogen-bond acceptors (Lipinski definition) is 3. The summed E-state index contributed by atoms with van der Waals surface area (Å²) in [5, 5.41) is 3.85. The van der Waals surface area contributed by atoms with E-state index in [0.29, 0.717) is 33.2 Å². The monoisotopic (exact) mass is 385 g/mol. The van der Waals surface area contributed by atoms with Crippen molar-refractivity contribution in [1.29, 1.82) is 0 Å². The van der Waals surface area contributed by atoms with Crippen LogP contribution in [0.25, 0.3) is 0 Å². The van der Waals surface area contributed by atoms with E-state index >= 15 is 0 Å². The molecule has 0 aliphatic carbocycles. The van der Waals surface area contributed by atoms with Crippen molar-refractivity contribution in [3.8, 4) is 0 Å². The van der Waals surface area contributed by atoms with Crippen molar-refractivity contribution in [1.82, 2.24) is 4.90 Å². The molecule has 1 aromatic rings. The summed E-state index contributed by atoms with van der Waals surface area (Å²) in [6, 6.07) is 3.29. The molecule has 3 N–H and O–H groups in total. The number of nitrogens with one attached hydrogen (secondary N) is 1. The van der Waals surface area contributed by atoms with E-state index in [0.717, 1.165) is 19.5 Å². The second-order valence-electron chi connectivity index (χ2n) is 5.46. The Kier molecular flexibility index (Phi) is 7.72. The molecule has 1 heterocycles. The minimum Gasteiger partial charge on any atom is -0.327 e. The summed E-state index contributed by atoms with van der Waals surface area (Å²) in [6.45, 7) is 4.07. The highest BCUT2D eigenvalue weighted by molar-refractivity contribution is 6.44. The van der Waals surface area contributed by atoms with E-state index in [-0.39, 0.29) is 24.4 Å². The first-order valence-electron chi connectivity index (χ1n) is 6.79. The molecule has 4 nitrogen and oxygen atoms in total. The SMILES string of the molecule is CC1CN(CC(=O)Nc2cc(Cl)c(Cl)cc2Cl)CCC1N.Cl. The van der Waals surface area contributed by atoms with E-state index in [1.165, 1.54) is 6.07 Å². The van der Waals surface area contributed by atoms with Crippen LogP contribution >= 0.6 is 47.2 Å². The van der Waals surface area contributed by atoms with E-state index in [2.05, 4.69) is 17.1 Å². The Morgan fingerprint density at radius 2 is 1.95 bits per heavy atom. The van der Waals surface area contributed by atoms with E-state index in [9.17, 15) is 4.79 Å². The Morgan fingerprint density at radius 1 is 1.32 bits per heavy atom. The molecule has 1 fully saturated rings. The Balaban J connectivity index is 0.00000242. The third-order valence-corrected chi connectivity index (χ3v) is 4.74. The van der Waals surface area contributed by atoms with Gasteiger partial charge in [-0.15, -0.1) is 12.4 Å². The van der Waals surface area contributed by atoms with Gasteiger partial charge in [-0.05, 0) is 24.5 Å². The van der Waals surface area contributed by atoms with Crippen molar-refractivity contribution in [3.63, 3.8) is 0 Å². The summed E-state index contributed by atoms with van der Waals surface area (Å²) in [5.41, 5.74) is 6.44. The maximum Gasteiger partial charge on any atom is 0.238 e. The van der Waals surface area contributed by atoms with Crippen LogP contribution in [0.2, 0.25) is 15.1 Å². The van der Waals surface area contributed by atoms with Crippen molar-refractivity contribution in [3.05, 3.63) is 27.2 Å². The topological polar surface area (TPSA) is 58.4 Å². The maximum atomic E-state index is 12.1. The summed E-state index contributed by atoms with van der Waals surface area (Å²) in [7, 11) is 0. The highest BCUT2D eigenvalue weighted by Gasteiger charge is 2.24. The lowest BCUT2D eigenvalue weighted by molar-refractivity contribution is -0.117. The predicted octanol–water partition coefficient (Wildman–Crippen LogP) is 3.68. The van der Waals surface area contributed by atoms with E-state index in [4.69, 9.17) is 40.5 Å². The minimum absolute atomic E-state index is 0. The highest BCUT2D eigenvalue weighted by Crippen LogP contribution is 2.32. The lowest BCUT2D eigenvalue weighted by Gasteiger charge is -2.34. The first-order valence-corrected chi connectivity index (χ1v) is 7.92. The van der Waals surface area contributed by atoms with Crippen LogP contribution in [0.1, 0.15) is 13.3 Å². The summed E-state index contributed by atoms with van der Waals surface area (Å²) in [5.74, 6) is 0.262. The van der Waals surface area contributed by atoms with Crippen LogP contribution in [0.15, 0.2) is 12.1 Å². The maximum absolute atomic E-state index is 12.1. The Labute approximate surface area is 151 Å². The second-order valence-corrected chi connectivity index (χ2v) is 6.68. The molecule has 8 heteroatoms. The third-order valence-electron chi connectivity index (χ3n) is 3.71. The van der Waals surface area contributed by atoms with E-state index < -0.39 is 0 Å². The van der Waals surface area contributed by atoms with Crippen molar-refractivity contribution >= 4 is 58.8 Å². The standard InChI is InChI=1S/C14H18Cl3N3O.ClH/c1-8-6-20(3-2-12(8)18)7-14(21)19-13-5-10(16)9(15)4-11(13)17;/h4-5,8,12H,2-3,6-7,18H2,1H3,(H,19,21);1H. The summed E-state index contributed by atoms with van der Waals surface area (Å²) in [6.07, 6.45) is 0.905. The van der Waals surface area contributed by atoms with Crippen LogP contribution in [0.4, 0.5) is 5.69 Å². The molecule has 1 amide bonds. The van der Waals surface area contributed by atoms with Crippen LogP contribution in [-0.4, -0.2) is 36.5 Å². The Morgan fingerprint density at radius 3 is 2.59 bits per heavy atom. The van der Waals surface area contributed by atoms with Gasteiger partial charge in [-0.2, -0.15) is 0 Å². The van der Waals surface area contributed by atoms with Crippen LogP contribution in [0.5, 0.6) is 0 Å². The van der Waals surface area contributed by atoms with Gasteiger partial charge in [-0.25, -0.2) is 0 Å². The number of anilines is 1. The predicted molar refractivity (Wildman–Crippen MR) is 95.5 cm³/mol. The molecule has 124 valence electrons. The fraction of sp³-hybridized carbons (Fsp3) is 0.500. The van der Waals surface area contributed by atoms with Crippen LogP contribution in [0, 0.1) is 5.92 Å². The lowest BCUT2D eigenvalue weighted by Crippen LogP contribution is -2.48. The lowest BCUT2D eigenvalue weighted by atomic mass is 9.95. The van der Waals surface area contributed by atoms with Gasteiger partial charge in [0.05, 0.1) is 27.3 Å². The molecule has 0 saturated carbocycles. The van der Waals surface area contributed by atoms with Gasteiger partial charge in [0.15, 0.2) is 0 Å². The van der Waals surface area contributed by atoms with Crippen molar-refractivity contribution in [2.75, 3.05) is 25.0 Å². The average molecular weight is 387 g/mol. The summed E-state index contributed by atoms with van der Waals surface area (Å²) >= 11 is 17.8. The molecule has 0 bridgehead atoms. The first kappa shape index (κ1) is 19.8. The number of amides is 1. The van der Waals surface area contributed by atoms with Gasteiger partial charge in [-0.1, -0.05) is 41.7 Å². The fourth-order valence-corrected chi connectivity index (χ4v) is 3.00. The zero-order valence-electron chi connectivity index (χ0n) is 12.1. The van der Waals surface area contributed by atoms with E-state index in [1.807, 2.05) is 0 Å². The van der Waals surface area contributed by atoms with Gasteiger partial charge >= 0.3 is 0 Å². The molecular formula is C14H19Cl4N3O. The number of nitrogens with two attached hydrogens (primary N) is 1. The smallest absolute Gasteiger partial charge is 0.238 e. The van der Waals surface area contributed by atoms with Gasteiger partial charge in [0.1, 0.15) is 0 Å².